The maximum absolute atomic E-state index is 12.7. The minimum atomic E-state index is -0.336. The average Bonchev–Trinajstić information content (AvgIpc) is 3.65. The summed E-state index contributed by atoms with van der Waals surface area (Å²) in [7, 11) is 0. The monoisotopic (exact) mass is 867 g/mol. The number of rotatable bonds is 6. The van der Waals surface area contributed by atoms with E-state index in [4.69, 9.17) is 9.97 Å². The molecule has 2 aliphatic heterocycles. The van der Waals surface area contributed by atoms with E-state index in [1.54, 1.807) is 0 Å². The number of aromatic hydroxyl groups is 1. The van der Waals surface area contributed by atoms with E-state index in [0.717, 1.165) is 72.8 Å². The van der Waals surface area contributed by atoms with E-state index < -0.39 is 0 Å². The van der Waals surface area contributed by atoms with Crippen molar-refractivity contribution in [2.45, 2.75) is 105 Å². The number of allylic oxidation sites excluding steroid dienone is 3. The van der Waals surface area contributed by atoms with Gasteiger partial charge in [-0.1, -0.05) is 174 Å². The van der Waals surface area contributed by atoms with Gasteiger partial charge in [-0.05, 0) is 127 Å². The number of phenolic OH excluding ortho intramolecular Hbond substituents is 1. The summed E-state index contributed by atoms with van der Waals surface area (Å²) >= 11 is 0. The number of hydrogen-bond acceptors (Lipinski definition) is 4. The molecule has 7 aromatic rings. The summed E-state index contributed by atoms with van der Waals surface area (Å²) in [5, 5.41) is 12.7. The second-order valence-corrected chi connectivity index (χ2v) is 22.3. The van der Waals surface area contributed by atoms with Gasteiger partial charge in [-0.25, -0.2) is 4.98 Å². The van der Waals surface area contributed by atoms with Crippen molar-refractivity contribution in [3.63, 3.8) is 0 Å². The fourth-order valence-electron chi connectivity index (χ4n) is 9.28. The number of imidazole rings is 1. The predicted molar refractivity (Wildman–Crippen MR) is 279 cm³/mol. The Morgan fingerprint density at radius 2 is 1.18 bits per heavy atom. The molecule has 6 heteroatoms. The first-order valence-electron chi connectivity index (χ1n) is 23.4. The van der Waals surface area contributed by atoms with Crippen LogP contribution in [0, 0.1) is 0 Å². The molecule has 2 aliphatic rings. The predicted octanol–water partition coefficient (Wildman–Crippen LogP) is 13.7. The van der Waals surface area contributed by atoms with Crippen LogP contribution in [0.4, 0.5) is 0 Å². The van der Waals surface area contributed by atoms with Crippen molar-refractivity contribution in [2.24, 2.45) is 0 Å². The molecule has 0 fully saturated rings. The summed E-state index contributed by atoms with van der Waals surface area (Å²) in [5.41, 5.74) is 16.0. The van der Waals surface area contributed by atoms with E-state index in [9.17, 15) is 5.11 Å². The SMILES string of the molecule is CC(C)(C)c1cc(B2c3nc(-c4cc(C(C)(C)C)cc(C(C)(C)C)c4O)n(-c4ccc(C(C)(C)C)cc4-c4ccccc4)c3C=C3C=CC=CN23)cc(-c2cc(-c3ccccc3)ccn2)c1. The smallest absolute Gasteiger partial charge is 0.350 e. The molecule has 0 amide bonds. The van der Waals surface area contributed by atoms with Gasteiger partial charge in [0, 0.05) is 23.0 Å². The molecule has 0 unspecified atom stereocenters. The Labute approximate surface area is 393 Å². The first-order chi connectivity index (χ1) is 31.2. The molecule has 9 rings (SSSR count). The van der Waals surface area contributed by atoms with Crippen LogP contribution < -0.4 is 11.1 Å². The summed E-state index contributed by atoms with van der Waals surface area (Å²) in [6.45, 7) is 26.6. The fourth-order valence-corrected chi connectivity index (χ4v) is 9.28. The zero-order valence-corrected chi connectivity index (χ0v) is 40.8. The lowest BCUT2D eigenvalue weighted by Crippen LogP contribution is -2.57. The van der Waals surface area contributed by atoms with Crippen LogP contribution in [0.15, 0.2) is 158 Å². The van der Waals surface area contributed by atoms with E-state index in [-0.39, 0.29) is 34.3 Å². The van der Waals surface area contributed by atoms with Gasteiger partial charge in [0.1, 0.15) is 11.6 Å². The third kappa shape index (κ3) is 8.39. The van der Waals surface area contributed by atoms with E-state index >= 15 is 0 Å². The molecular formula is C60H63BN4O. The van der Waals surface area contributed by atoms with Gasteiger partial charge in [0.25, 0.3) is 0 Å². The number of benzene rings is 5. The van der Waals surface area contributed by atoms with Gasteiger partial charge < -0.3 is 9.92 Å². The Kier molecular flexibility index (Phi) is 11.0. The molecule has 1 N–H and O–H groups in total. The third-order valence-electron chi connectivity index (χ3n) is 13.2. The van der Waals surface area contributed by atoms with Gasteiger partial charge in [-0.15, -0.1) is 0 Å². The Morgan fingerprint density at radius 1 is 0.545 bits per heavy atom. The van der Waals surface area contributed by atoms with Crippen molar-refractivity contribution in [3.8, 4) is 56.3 Å². The van der Waals surface area contributed by atoms with Crippen molar-refractivity contribution in [1.82, 2.24) is 19.3 Å². The molecule has 5 aromatic carbocycles. The van der Waals surface area contributed by atoms with E-state index in [1.807, 2.05) is 6.20 Å². The van der Waals surface area contributed by atoms with Gasteiger partial charge in [-0.3, -0.25) is 9.55 Å². The van der Waals surface area contributed by atoms with Gasteiger partial charge in [-0.2, -0.15) is 0 Å². The Hall–Kier alpha value is -6.66. The van der Waals surface area contributed by atoms with Gasteiger partial charge in [0.2, 0.25) is 0 Å². The molecular weight excluding hydrogens is 803 g/mol. The first-order valence-corrected chi connectivity index (χ1v) is 23.4. The van der Waals surface area contributed by atoms with Crippen LogP contribution in [0.5, 0.6) is 5.75 Å². The summed E-state index contributed by atoms with van der Waals surface area (Å²) in [5.74, 6) is 0.962. The molecule has 0 radical (unpaired) electrons. The molecule has 0 atom stereocenters. The molecule has 0 spiro atoms. The van der Waals surface area contributed by atoms with E-state index in [2.05, 4.69) is 244 Å². The molecule has 0 saturated carbocycles. The number of fused-ring (bicyclic) bond motifs is 2. The normalized spacial score (nSPS) is 14.0. The van der Waals surface area contributed by atoms with Gasteiger partial charge in [0.05, 0.1) is 28.2 Å². The molecule has 66 heavy (non-hydrogen) atoms. The number of phenols is 1. The largest absolute Gasteiger partial charge is 0.507 e. The van der Waals surface area contributed by atoms with E-state index in [1.165, 1.54) is 11.1 Å². The summed E-state index contributed by atoms with van der Waals surface area (Å²) in [4.78, 5) is 13.2. The zero-order chi connectivity index (χ0) is 46.9. The first kappa shape index (κ1) is 44.5. The summed E-state index contributed by atoms with van der Waals surface area (Å²) in [6.07, 6.45) is 12.8. The van der Waals surface area contributed by atoms with Crippen LogP contribution in [0.1, 0.15) is 111 Å². The van der Waals surface area contributed by atoms with Crippen molar-refractivity contribution >= 4 is 24.0 Å². The Balaban J connectivity index is 1.38. The summed E-state index contributed by atoms with van der Waals surface area (Å²) < 4.78 is 2.33. The van der Waals surface area contributed by atoms with Crippen LogP contribution in [0.3, 0.4) is 0 Å². The van der Waals surface area contributed by atoms with Crippen LogP contribution in [0.25, 0.3) is 56.7 Å². The minimum absolute atomic E-state index is 0.0851. The van der Waals surface area contributed by atoms with Crippen LogP contribution in [-0.2, 0) is 21.7 Å². The number of pyridine rings is 1. The van der Waals surface area contributed by atoms with Gasteiger partial charge in [0.15, 0.2) is 0 Å². The number of aromatic nitrogens is 3. The number of nitrogens with zero attached hydrogens (tertiary/aromatic N) is 4. The highest BCUT2D eigenvalue weighted by atomic mass is 16.3. The molecule has 0 saturated heterocycles. The third-order valence-corrected chi connectivity index (χ3v) is 13.2. The zero-order valence-electron chi connectivity index (χ0n) is 40.8. The second-order valence-electron chi connectivity index (χ2n) is 22.3. The van der Waals surface area contributed by atoms with Crippen molar-refractivity contribution in [2.75, 3.05) is 0 Å². The van der Waals surface area contributed by atoms with Crippen molar-refractivity contribution in [1.29, 1.82) is 0 Å². The number of hydrogen-bond donors (Lipinski definition) is 1. The fraction of sp³-hybridized carbons (Fsp3) is 0.267. The van der Waals surface area contributed by atoms with Crippen LogP contribution in [-0.4, -0.2) is 31.3 Å². The molecule has 332 valence electrons. The maximum atomic E-state index is 12.7. The highest BCUT2D eigenvalue weighted by Crippen LogP contribution is 2.45. The molecule has 0 bridgehead atoms. The van der Waals surface area contributed by atoms with Gasteiger partial charge >= 0.3 is 6.85 Å². The van der Waals surface area contributed by atoms with Crippen molar-refractivity contribution in [3.05, 3.63) is 186 Å². The standard InChI is InChI=1S/C60H63BN4O/c1-57(2,3)43-26-27-52(48(35-43)40-23-17-14-18-24-40)65-53-38-47-25-19-20-30-64(47)61(55(53)63-56(65)49-36-45(59(7,8)9)37-50(54(49)66)60(10,11)12)46-32-42(31-44(34-46)58(4,5)6)51-33-41(28-29-62-51)39-21-15-13-16-22-39/h13-38,66H,1-12H3. The average molecular weight is 867 g/mol. The van der Waals surface area contributed by atoms with Crippen LogP contribution in [0.2, 0.25) is 0 Å². The minimum Gasteiger partial charge on any atom is -0.507 e. The quantitative estimate of drug-likeness (QED) is 0.169. The molecule has 5 nitrogen and oxygen atoms in total. The Bertz CT molecular complexity index is 3070. The second kappa shape index (κ2) is 16.3. The highest BCUT2D eigenvalue weighted by molar-refractivity contribution is 6.84. The molecule has 2 aromatic heterocycles. The lowest BCUT2D eigenvalue weighted by atomic mass is 9.49. The van der Waals surface area contributed by atoms with Crippen molar-refractivity contribution < 1.29 is 5.11 Å². The lowest BCUT2D eigenvalue weighted by molar-refractivity contribution is 0.446. The maximum Gasteiger partial charge on any atom is 0.350 e. The molecule has 0 aliphatic carbocycles. The van der Waals surface area contributed by atoms with E-state index in [0.29, 0.717) is 11.4 Å². The Morgan fingerprint density at radius 3 is 1.83 bits per heavy atom. The summed E-state index contributed by atoms with van der Waals surface area (Å²) in [6, 6.07) is 43.8. The highest BCUT2D eigenvalue weighted by Gasteiger charge is 2.40. The lowest BCUT2D eigenvalue weighted by Gasteiger charge is -2.34. The molecule has 4 heterocycles. The van der Waals surface area contributed by atoms with Crippen LogP contribution >= 0.6 is 0 Å². The topological polar surface area (TPSA) is 54.2 Å².